The molecule has 2 unspecified atom stereocenters. The van der Waals surface area contributed by atoms with Gasteiger partial charge in [0.2, 0.25) is 0 Å². The van der Waals surface area contributed by atoms with Crippen LogP contribution < -0.4 is 30.2 Å². The van der Waals surface area contributed by atoms with Crippen LogP contribution in [0.25, 0.3) is 0 Å². The number of benzene rings is 4. The lowest BCUT2D eigenvalue weighted by Gasteiger charge is -2.34. The van der Waals surface area contributed by atoms with Gasteiger partial charge in [-0.15, -0.1) is 0 Å². The summed E-state index contributed by atoms with van der Waals surface area (Å²) in [7, 11) is -2.67. The van der Waals surface area contributed by atoms with Gasteiger partial charge in [0.25, 0.3) is 0 Å². The minimum atomic E-state index is -2.67. The first-order valence-electron chi connectivity index (χ1n) is 12.1. The largest absolute Gasteiger partial charge is 0.491 e. The minimum absolute atomic E-state index is 0.216. The van der Waals surface area contributed by atoms with E-state index in [1.165, 1.54) is 20.7 Å². The first-order chi connectivity index (χ1) is 17.3. The second-order valence-corrected chi connectivity index (χ2v) is 12.9. The van der Waals surface area contributed by atoms with Crippen molar-refractivity contribution in [1.29, 1.82) is 0 Å². The molecular formula is C30H28O4Si. The molecule has 2 fully saturated rings. The maximum Gasteiger partial charge on any atom is 0.179 e. The van der Waals surface area contributed by atoms with Gasteiger partial charge in [0.1, 0.15) is 36.9 Å². The molecule has 4 aromatic carbocycles. The molecule has 0 bridgehead atoms. The van der Waals surface area contributed by atoms with E-state index in [1.807, 2.05) is 12.1 Å². The zero-order chi connectivity index (χ0) is 23.5. The second kappa shape index (κ2) is 9.70. The summed E-state index contributed by atoms with van der Waals surface area (Å²) in [4.78, 5) is 0. The van der Waals surface area contributed by atoms with E-state index in [4.69, 9.17) is 18.9 Å². The Morgan fingerprint density at radius 1 is 0.543 bits per heavy atom. The van der Waals surface area contributed by atoms with Crippen molar-refractivity contribution in [3.63, 3.8) is 0 Å². The molecule has 0 aliphatic carbocycles. The molecule has 35 heavy (non-hydrogen) atoms. The molecule has 0 N–H and O–H groups in total. The van der Waals surface area contributed by atoms with Crippen molar-refractivity contribution >= 4 is 28.8 Å². The predicted octanol–water partition coefficient (Wildman–Crippen LogP) is 2.62. The van der Waals surface area contributed by atoms with Gasteiger partial charge in [-0.3, -0.25) is 0 Å². The number of hydrogen-bond donors (Lipinski definition) is 0. The van der Waals surface area contributed by atoms with Gasteiger partial charge in [-0.25, -0.2) is 0 Å². The molecule has 2 aliphatic heterocycles. The molecule has 6 rings (SSSR count). The topological polar surface area (TPSA) is 43.5 Å². The molecule has 0 saturated carbocycles. The van der Waals surface area contributed by atoms with Crippen molar-refractivity contribution in [2.75, 3.05) is 26.4 Å². The zero-order valence-electron chi connectivity index (χ0n) is 19.5. The van der Waals surface area contributed by atoms with Crippen LogP contribution in [0.2, 0.25) is 0 Å². The van der Waals surface area contributed by atoms with Crippen molar-refractivity contribution in [2.45, 2.75) is 12.2 Å². The van der Waals surface area contributed by atoms with Gasteiger partial charge in [0.15, 0.2) is 8.07 Å². The van der Waals surface area contributed by atoms with Gasteiger partial charge < -0.3 is 18.9 Å². The van der Waals surface area contributed by atoms with Crippen LogP contribution in [0, 0.1) is 0 Å². The van der Waals surface area contributed by atoms with E-state index in [-0.39, 0.29) is 12.2 Å². The predicted molar refractivity (Wildman–Crippen MR) is 141 cm³/mol. The highest BCUT2D eigenvalue weighted by molar-refractivity contribution is 7.19. The Morgan fingerprint density at radius 3 is 1.34 bits per heavy atom. The van der Waals surface area contributed by atoms with Crippen LogP contribution in [-0.4, -0.2) is 46.7 Å². The molecular weight excluding hydrogens is 452 g/mol. The summed E-state index contributed by atoms with van der Waals surface area (Å²) in [5, 5.41) is 5.17. The summed E-state index contributed by atoms with van der Waals surface area (Å²) in [6.07, 6.45) is 0.432. The highest BCUT2D eigenvalue weighted by atomic mass is 28.3. The lowest BCUT2D eigenvalue weighted by molar-refractivity contribution is 0.263. The molecule has 2 saturated heterocycles. The average Bonchev–Trinajstić information content (AvgIpc) is 3.84. The van der Waals surface area contributed by atoms with Gasteiger partial charge >= 0.3 is 0 Å². The van der Waals surface area contributed by atoms with Crippen molar-refractivity contribution in [3.05, 3.63) is 109 Å². The van der Waals surface area contributed by atoms with E-state index in [9.17, 15) is 0 Å². The Morgan fingerprint density at radius 2 is 0.943 bits per heavy atom. The summed E-state index contributed by atoms with van der Waals surface area (Å²) in [6, 6.07) is 39.0. The summed E-state index contributed by atoms with van der Waals surface area (Å²) in [5.41, 5.74) is 0. The normalized spacial score (nSPS) is 18.6. The van der Waals surface area contributed by atoms with Gasteiger partial charge in [0.05, 0.1) is 13.2 Å². The van der Waals surface area contributed by atoms with Crippen molar-refractivity contribution in [1.82, 2.24) is 0 Å². The molecule has 2 atom stereocenters. The molecule has 0 aromatic heterocycles. The summed E-state index contributed by atoms with van der Waals surface area (Å²) in [6.45, 7) is 2.73. The molecule has 176 valence electrons. The second-order valence-electron chi connectivity index (χ2n) is 9.07. The van der Waals surface area contributed by atoms with Crippen LogP contribution in [0.3, 0.4) is 0 Å². The van der Waals surface area contributed by atoms with Crippen molar-refractivity contribution in [2.24, 2.45) is 0 Å². The quantitative estimate of drug-likeness (QED) is 0.199. The number of ether oxygens (including phenoxy) is 4. The minimum Gasteiger partial charge on any atom is -0.491 e. The molecule has 2 heterocycles. The lowest BCUT2D eigenvalue weighted by atomic mass is 10.3. The van der Waals surface area contributed by atoms with Gasteiger partial charge in [-0.05, 0) is 45.0 Å². The van der Waals surface area contributed by atoms with E-state index in [2.05, 4.69) is 97.1 Å². The first kappa shape index (κ1) is 22.1. The Labute approximate surface area is 207 Å². The molecule has 4 aromatic rings. The summed E-state index contributed by atoms with van der Waals surface area (Å²) in [5.74, 6) is 1.75. The van der Waals surface area contributed by atoms with E-state index in [1.54, 1.807) is 0 Å². The maximum absolute atomic E-state index is 6.13. The molecule has 0 radical (unpaired) electrons. The summed E-state index contributed by atoms with van der Waals surface area (Å²) < 4.78 is 23.0. The SMILES string of the molecule is c1ccc([Si](c2ccccc2)(c2cccc(OCC3CO3)c2)c2cccc(OCC3CO3)c2)cc1. The number of hydrogen-bond acceptors (Lipinski definition) is 4. The van der Waals surface area contributed by atoms with Crippen LogP contribution in [0.4, 0.5) is 0 Å². The van der Waals surface area contributed by atoms with Crippen molar-refractivity contribution in [3.8, 4) is 11.5 Å². The zero-order valence-corrected chi connectivity index (χ0v) is 20.5. The lowest BCUT2D eigenvalue weighted by Crippen LogP contribution is -2.74. The van der Waals surface area contributed by atoms with E-state index in [0.29, 0.717) is 13.2 Å². The number of epoxide rings is 2. The van der Waals surface area contributed by atoms with Crippen molar-refractivity contribution < 1.29 is 18.9 Å². The Kier molecular flexibility index (Phi) is 6.13. The van der Waals surface area contributed by atoms with Crippen LogP contribution in [0.1, 0.15) is 0 Å². The monoisotopic (exact) mass is 480 g/mol. The highest BCUT2D eigenvalue weighted by Crippen LogP contribution is 2.19. The third kappa shape index (κ3) is 4.75. The fourth-order valence-corrected chi connectivity index (χ4v) is 9.52. The standard InChI is InChI=1S/C30H28O4Si/c1-3-11-27(12-4-1)35(28-13-5-2-6-14-28,29-15-7-9-23(17-29)31-19-25-21-33-25)30-16-8-10-24(18-30)32-20-26-22-34-26/h1-18,25-26H,19-22H2. The Bertz CT molecular complexity index is 1170. The smallest absolute Gasteiger partial charge is 0.179 e. The average molecular weight is 481 g/mol. The summed E-state index contributed by atoms with van der Waals surface area (Å²) >= 11 is 0. The van der Waals surface area contributed by atoms with Gasteiger partial charge in [-0.2, -0.15) is 0 Å². The molecule has 5 heteroatoms. The maximum atomic E-state index is 6.13. The Hall–Kier alpha value is -3.38. The number of rotatable bonds is 10. The van der Waals surface area contributed by atoms with Crippen LogP contribution >= 0.6 is 0 Å². The van der Waals surface area contributed by atoms with E-state index >= 15 is 0 Å². The van der Waals surface area contributed by atoms with E-state index in [0.717, 1.165) is 24.7 Å². The van der Waals surface area contributed by atoms with Gasteiger partial charge in [-0.1, -0.05) is 84.9 Å². The molecule has 4 nitrogen and oxygen atoms in total. The van der Waals surface area contributed by atoms with Crippen LogP contribution in [0.5, 0.6) is 11.5 Å². The molecule has 0 spiro atoms. The third-order valence-corrected chi connectivity index (χ3v) is 11.4. The highest BCUT2D eigenvalue weighted by Gasteiger charge is 2.42. The van der Waals surface area contributed by atoms with Crippen LogP contribution in [0.15, 0.2) is 109 Å². The third-order valence-electron chi connectivity index (χ3n) is 6.62. The molecule has 2 aliphatic rings. The molecule has 0 amide bonds. The Balaban J connectivity index is 1.53. The fraction of sp³-hybridized carbons (Fsp3) is 0.200. The van der Waals surface area contributed by atoms with Gasteiger partial charge in [0, 0.05) is 0 Å². The fourth-order valence-electron chi connectivity index (χ4n) is 4.72. The van der Waals surface area contributed by atoms with E-state index < -0.39 is 8.07 Å². The van der Waals surface area contributed by atoms with Crippen LogP contribution in [-0.2, 0) is 9.47 Å². The first-order valence-corrected chi connectivity index (χ1v) is 14.1.